The van der Waals surface area contributed by atoms with Crippen LogP contribution in [0.4, 0.5) is 0 Å². The fourth-order valence-electron chi connectivity index (χ4n) is 3.24. The lowest BCUT2D eigenvalue weighted by Gasteiger charge is -2.27. The van der Waals surface area contributed by atoms with Crippen molar-refractivity contribution in [3.05, 3.63) is 35.9 Å². The van der Waals surface area contributed by atoms with E-state index in [1.165, 1.54) is 5.56 Å². The molecule has 2 rings (SSSR count). The number of nitrogens with zero attached hydrogens (tertiary/aromatic N) is 2. The molecule has 0 radical (unpaired) electrons. The van der Waals surface area contributed by atoms with Crippen LogP contribution in [-0.4, -0.2) is 54.8 Å². The molecule has 0 amide bonds. The minimum atomic E-state index is -0.113. The summed E-state index contributed by atoms with van der Waals surface area (Å²) >= 11 is 0. The van der Waals surface area contributed by atoms with Gasteiger partial charge in [-0.1, -0.05) is 30.3 Å². The van der Waals surface area contributed by atoms with Gasteiger partial charge in [-0.3, -0.25) is 4.99 Å². The highest BCUT2D eigenvalue weighted by molar-refractivity contribution is 14.0. The van der Waals surface area contributed by atoms with Crippen molar-refractivity contribution in [2.24, 2.45) is 4.99 Å². The Hall–Kier alpha value is -0.860. The highest BCUT2D eigenvalue weighted by Crippen LogP contribution is 2.18. The van der Waals surface area contributed by atoms with Gasteiger partial charge in [0, 0.05) is 25.7 Å². The smallest absolute Gasteiger partial charge is 0.191 e. The molecule has 148 valence electrons. The van der Waals surface area contributed by atoms with E-state index in [-0.39, 0.29) is 30.1 Å². The first-order chi connectivity index (χ1) is 12.2. The third kappa shape index (κ3) is 9.19. The minimum absolute atomic E-state index is 0. The van der Waals surface area contributed by atoms with Crippen molar-refractivity contribution >= 4 is 29.9 Å². The van der Waals surface area contributed by atoms with Crippen molar-refractivity contribution in [3.8, 4) is 0 Å². The third-order valence-electron chi connectivity index (χ3n) is 4.64. The van der Waals surface area contributed by atoms with Crippen LogP contribution in [0.5, 0.6) is 0 Å². The van der Waals surface area contributed by atoms with Crippen LogP contribution in [0.3, 0.4) is 0 Å². The zero-order valence-corrected chi connectivity index (χ0v) is 18.5. The van der Waals surface area contributed by atoms with Gasteiger partial charge in [0.05, 0.1) is 6.10 Å². The number of aliphatic imine (C=N–C) groups is 1. The van der Waals surface area contributed by atoms with Gasteiger partial charge in [0.25, 0.3) is 0 Å². The second kappa shape index (κ2) is 13.3. The summed E-state index contributed by atoms with van der Waals surface area (Å²) in [5.74, 6) is 0.912. The first-order valence-corrected chi connectivity index (χ1v) is 9.62. The predicted molar refractivity (Wildman–Crippen MR) is 120 cm³/mol. The second-order valence-electron chi connectivity index (χ2n) is 6.99. The Morgan fingerprint density at radius 2 is 1.88 bits per heavy atom. The molecule has 0 saturated heterocycles. The predicted octanol–water partition coefficient (Wildman–Crippen LogP) is 2.99. The van der Waals surface area contributed by atoms with E-state index in [0.29, 0.717) is 6.04 Å². The van der Waals surface area contributed by atoms with Crippen LogP contribution in [0.2, 0.25) is 0 Å². The molecule has 1 saturated carbocycles. The van der Waals surface area contributed by atoms with E-state index in [1.54, 1.807) is 0 Å². The van der Waals surface area contributed by atoms with Gasteiger partial charge in [0.1, 0.15) is 0 Å². The Labute approximate surface area is 175 Å². The maximum absolute atomic E-state index is 9.62. The summed E-state index contributed by atoms with van der Waals surface area (Å²) in [6.07, 6.45) is 4.75. The molecule has 0 atom stereocenters. The summed E-state index contributed by atoms with van der Waals surface area (Å²) in [5, 5.41) is 16.5. The fourth-order valence-corrected chi connectivity index (χ4v) is 3.24. The number of aliphatic hydroxyl groups is 1. The summed E-state index contributed by atoms with van der Waals surface area (Å²) in [6, 6.07) is 11.0. The quantitative estimate of drug-likeness (QED) is 0.235. The van der Waals surface area contributed by atoms with Gasteiger partial charge in [-0.15, -0.1) is 24.0 Å². The number of nitrogens with one attached hydrogen (secondary N) is 2. The van der Waals surface area contributed by atoms with Gasteiger partial charge in [0.2, 0.25) is 0 Å². The second-order valence-corrected chi connectivity index (χ2v) is 6.99. The molecule has 5 nitrogen and oxygen atoms in total. The lowest BCUT2D eigenvalue weighted by atomic mass is 9.93. The van der Waals surface area contributed by atoms with E-state index in [1.807, 2.05) is 0 Å². The largest absolute Gasteiger partial charge is 0.393 e. The van der Waals surface area contributed by atoms with Crippen LogP contribution in [-0.2, 0) is 6.54 Å². The van der Waals surface area contributed by atoms with Crippen molar-refractivity contribution < 1.29 is 5.11 Å². The fraction of sp³-hybridized carbons (Fsp3) is 0.650. The first-order valence-electron chi connectivity index (χ1n) is 9.62. The normalized spacial score (nSPS) is 20.5. The number of aliphatic hydroxyl groups excluding tert-OH is 1. The van der Waals surface area contributed by atoms with E-state index in [9.17, 15) is 5.11 Å². The topological polar surface area (TPSA) is 59.9 Å². The molecule has 1 aromatic carbocycles. The number of benzene rings is 1. The number of hydrogen-bond donors (Lipinski definition) is 3. The standard InChI is InChI=1S/C20H34N4O.HI/c1-3-21-20(23-18-10-12-19(25)13-11-18)22-14-7-15-24(2)16-17-8-5-4-6-9-17;/h4-6,8-9,18-19,25H,3,7,10-16H2,1-2H3,(H2,21,22,23);1H. The monoisotopic (exact) mass is 474 g/mol. The number of rotatable bonds is 8. The summed E-state index contributed by atoms with van der Waals surface area (Å²) in [6.45, 7) is 5.80. The molecule has 0 bridgehead atoms. The van der Waals surface area contributed by atoms with Crippen molar-refractivity contribution in [2.45, 2.75) is 57.7 Å². The molecule has 1 aromatic rings. The molecular formula is C20H35IN4O. The summed E-state index contributed by atoms with van der Waals surface area (Å²) < 4.78 is 0. The maximum atomic E-state index is 9.62. The zero-order chi connectivity index (χ0) is 17.9. The van der Waals surface area contributed by atoms with Crippen LogP contribution in [0.25, 0.3) is 0 Å². The molecule has 3 N–H and O–H groups in total. The Kier molecular flexibility index (Phi) is 11.9. The van der Waals surface area contributed by atoms with Gasteiger partial charge in [-0.05, 0) is 58.2 Å². The molecule has 0 unspecified atom stereocenters. The minimum Gasteiger partial charge on any atom is -0.393 e. The molecule has 0 heterocycles. The van der Waals surface area contributed by atoms with Crippen LogP contribution >= 0.6 is 24.0 Å². The SMILES string of the molecule is CCNC(=NCCCN(C)Cc1ccccc1)NC1CCC(O)CC1.I. The zero-order valence-electron chi connectivity index (χ0n) is 16.2. The van der Waals surface area contributed by atoms with Gasteiger partial charge < -0.3 is 20.6 Å². The molecule has 0 aromatic heterocycles. The van der Waals surface area contributed by atoms with Crippen molar-refractivity contribution in [3.63, 3.8) is 0 Å². The van der Waals surface area contributed by atoms with Crippen molar-refractivity contribution in [1.82, 2.24) is 15.5 Å². The van der Waals surface area contributed by atoms with Gasteiger partial charge in [-0.2, -0.15) is 0 Å². The molecular weight excluding hydrogens is 439 g/mol. The Bertz CT molecular complexity index is 504. The molecule has 1 aliphatic rings. The highest BCUT2D eigenvalue weighted by Gasteiger charge is 2.19. The first kappa shape index (κ1) is 23.2. The molecule has 6 heteroatoms. The van der Waals surface area contributed by atoms with Gasteiger partial charge >= 0.3 is 0 Å². The Balaban J connectivity index is 0.00000338. The summed E-state index contributed by atoms with van der Waals surface area (Å²) in [5.41, 5.74) is 1.35. The highest BCUT2D eigenvalue weighted by atomic mass is 127. The lowest BCUT2D eigenvalue weighted by Crippen LogP contribution is -2.45. The molecule has 1 aliphatic carbocycles. The Morgan fingerprint density at radius 1 is 1.19 bits per heavy atom. The Morgan fingerprint density at radius 3 is 2.54 bits per heavy atom. The van der Waals surface area contributed by atoms with Gasteiger partial charge in [-0.25, -0.2) is 0 Å². The average molecular weight is 474 g/mol. The van der Waals surface area contributed by atoms with Crippen LogP contribution in [0.15, 0.2) is 35.3 Å². The van der Waals surface area contributed by atoms with Crippen molar-refractivity contribution in [1.29, 1.82) is 0 Å². The molecule has 1 fully saturated rings. The summed E-state index contributed by atoms with van der Waals surface area (Å²) in [4.78, 5) is 7.05. The van der Waals surface area contributed by atoms with Crippen molar-refractivity contribution in [2.75, 3.05) is 26.7 Å². The van der Waals surface area contributed by atoms with Crippen LogP contribution in [0.1, 0.15) is 44.6 Å². The lowest BCUT2D eigenvalue weighted by molar-refractivity contribution is 0.120. The molecule has 0 spiro atoms. The van der Waals surface area contributed by atoms with E-state index >= 15 is 0 Å². The van der Waals surface area contributed by atoms with Crippen LogP contribution < -0.4 is 10.6 Å². The van der Waals surface area contributed by atoms with Gasteiger partial charge in [0.15, 0.2) is 5.96 Å². The van der Waals surface area contributed by atoms with E-state index < -0.39 is 0 Å². The average Bonchev–Trinajstić information content (AvgIpc) is 2.61. The van der Waals surface area contributed by atoms with E-state index in [2.05, 4.69) is 59.8 Å². The number of halogens is 1. The van der Waals surface area contributed by atoms with Crippen LogP contribution in [0, 0.1) is 0 Å². The molecule has 0 aliphatic heterocycles. The van der Waals surface area contributed by atoms with E-state index in [4.69, 9.17) is 4.99 Å². The van der Waals surface area contributed by atoms with E-state index in [0.717, 1.165) is 64.2 Å². The third-order valence-corrected chi connectivity index (χ3v) is 4.64. The number of guanidine groups is 1. The maximum Gasteiger partial charge on any atom is 0.191 e. The number of hydrogen-bond acceptors (Lipinski definition) is 3. The summed E-state index contributed by atoms with van der Waals surface area (Å²) in [7, 11) is 2.16. The molecule has 26 heavy (non-hydrogen) atoms.